The second-order valence-corrected chi connectivity index (χ2v) is 10.5. The predicted molar refractivity (Wildman–Crippen MR) is 152 cm³/mol. The number of thiophene rings is 1. The monoisotopic (exact) mass is 468 g/mol. The minimum atomic E-state index is 0.937. The van der Waals surface area contributed by atoms with Crippen LogP contribution in [0.3, 0.4) is 0 Å². The molecule has 0 aliphatic heterocycles. The van der Waals surface area contributed by atoms with Gasteiger partial charge in [-0.3, -0.25) is 0 Å². The van der Waals surface area contributed by atoms with Crippen molar-refractivity contribution in [3.05, 3.63) is 108 Å². The average molecular weight is 469 g/mol. The molecule has 0 bridgehead atoms. The number of fused-ring (bicyclic) bond motifs is 6. The molecule has 35 heavy (non-hydrogen) atoms. The molecule has 1 nitrogen and oxygen atoms in total. The van der Waals surface area contributed by atoms with Crippen LogP contribution in [0.5, 0.6) is 0 Å². The highest BCUT2D eigenvalue weighted by molar-refractivity contribution is 7.25. The van der Waals surface area contributed by atoms with E-state index in [1.165, 1.54) is 69.9 Å². The van der Waals surface area contributed by atoms with Crippen molar-refractivity contribution in [1.29, 1.82) is 0 Å². The largest absolute Gasteiger partial charge is 0.456 e. The van der Waals surface area contributed by atoms with E-state index in [9.17, 15) is 0 Å². The summed E-state index contributed by atoms with van der Waals surface area (Å²) in [5.41, 5.74) is 11.0. The van der Waals surface area contributed by atoms with Crippen LogP contribution < -0.4 is 0 Å². The predicted octanol–water partition coefficient (Wildman–Crippen LogP) is 10.2. The molecule has 0 spiro atoms. The topological polar surface area (TPSA) is 13.1 Å². The summed E-state index contributed by atoms with van der Waals surface area (Å²) >= 11 is 1.87. The van der Waals surface area contributed by atoms with Crippen LogP contribution in [0.15, 0.2) is 95.4 Å². The van der Waals surface area contributed by atoms with E-state index in [4.69, 9.17) is 4.42 Å². The molecule has 7 aromatic rings. The summed E-state index contributed by atoms with van der Waals surface area (Å²) in [6, 6.07) is 32.9. The van der Waals surface area contributed by atoms with Gasteiger partial charge in [0.1, 0.15) is 11.2 Å². The number of hydrogen-bond acceptors (Lipinski definition) is 2. The van der Waals surface area contributed by atoms with Gasteiger partial charge in [0.25, 0.3) is 0 Å². The maximum atomic E-state index is 6.08. The third-order valence-corrected chi connectivity index (χ3v) is 8.75. The SMILES string of the molecule is Cc1c(-c2ccc3oc4ccccc4c3c2)cc(-c2ccc3sc4ccccc4c3c2)c(C)c1C. The average Bonchev–Trinajstić information content (AvgIpc) is 3.45. The van der Waals surface area contributed by atoms with Gasteiger partial charge >= 0.3 is 0 Å². The van der Waals surface area contributed by atoms with Crippen molar-refractivity contribution in [1.82, 2.24) is 0 Å². The zero-order valence-electron chi connectivity index (χ0n) is 20.0. The van der Waals surface area contributed by atoms with Crippen molar-refractivity contribution < 1.29 is 4.42 Å². The van der Waals surface area contributed by atoms with Crippen molar-refractivity contribution in [3.8, 4) is 22.3 Å². The lowest BCUT2D eigenvalue weighted by molar-refractivity contribution is 0.669. The highest BCUT2D eigenvalue weighted by Gasteiger charge is 2.15. The molecule has 2 heterocycles. The number of benzene rings is 5. The second kappa shape index (κ2) is 7.56. The van der Waals surface area contributed by atoms with Crippen molar-refractivity contribution in [3.63, 3.8) is 0 Å². The van der Waals surface area contributed by atoms with E-state index in [1.54, 1.807) is 0 Å². The Bertz CT molecular complexity index is 1790. The zero-order valence-corrected chi connectivity index (χ0v) is 20.8. The summed E-state index contributed by atoms with van der Waals surface area (Å²) in [6.07, 6.45) is 0. The van der Waals surface area contributed by atoms with Gasteiger partial charge in [-0.25, -0.2) is 0 Å². The lowest BCUT2D eigenvalue weighted by Crippen LogP contribution is -1.95. The molecule has 7 rings (SSSR count). The summed E-state index contributed by atoms with van der Waals surface area (Å²) < 4.78 is 8.77. The number of rotatable bonds is 2. The Hall–Kier alpha value is -3.88. The van der Waals surface area contributed by atoms with Gasteiger partial charge in [-0.2, -0.15) is 0 Å². The van der Waals surface area contributed by atoms with Gasteiger partial charge in [0.05, 0.1) is 0 Å². The zero-order chi connectivity index (χ0) is 23.7. The molecule has 0 aliphatic carbocycles. The lowest BCUT2D eigenvalue weighted by Gasteiger charge is -2.17. The van der Waals surface area contributed by atoms with Crippen LogP contribution in [0.25, 0.3) is 64.4 Å². The molecule has 0 N–H and O–H groups in total. The molecule has 0 aliphatic rings. The van der Waals surface area contributed by atoms with Crippen molar-refractivity contribution >= 4 is 53.4 Å². The first-order valence-electron chi connectivity index (χ1n) is 12.0. The van der Waals surface area contributed by atoms with Gasteiger partial charge in [-0.1, -0.05) is 48.5 Å². The molecular formula is C33H24OS. The van der Waals surface area contributed by atoms with E-state index in [-0.39, 0.29) is 0 Å². The van der Waals surface area contributed by atoms with Crippen molar-refractivity contribution in [2.45, 2.75) is 20.8 Å². The fourth-order valence-electron chi connectivity index (χ4n) is 5.43. The normalized spacial score (nSPS) is 11.9. The summed E-state index contributed by atoms with van der Waals surface area (Å²) in [6.45, 7) is 6.75. The Morgan fingerprint density at radius 3 is 1.89 bits per heavy atom. The number of furan rings is 1. The van der Waals surface area contributed by atoms with Crippen LogP contribution in [0.1, 0.15) is 16.7 Å². The number of hydrogen-bond donors (Lipinski definition) is 0. The fraction of sp³-hybridized carbons (Fsp3) is 0.0909. The van der Waals surface area contributed by atoms with E-state index >= 15 is 0 Å². The molecule has 0 fully saturated rings. The number of para-hydroxylation sites is 1. The van der Waals surface area contributed by atoms with E-state index in [2.05, 4.69) is 99.6 Å². The summed E-state index contributed by atoms with van der Waals surface area (Å²) in [5.74, 6) is 0. The van der Waals surface area contributed by atoms with Gasteiger partial charge in [0.15, 0.2) is 0 Å². The fourth-order valence-corrected chi connectivity index (χ4v) is 6.52. The maximum Gasteiger partial charge on any atom is 0.135 e. The molecule has 2 aromatic heterocycles. The van der Waals surface area contributed by atoms with Crippen LogP contribution >= 0.6 is 11.3 Å². The maximum absolute atomic E-state index is 6.08. The van der Waals surface area contributed by atoms with E-state index < -0.39 is 0 Å². The van der Waals surface area contributed by atoms with Crippen LogP contribution in [0.4, 0.5) is 0 Å². The Morgan fingerprint density at radius 2 is 1.09 bits per heavy atom. The molecule has 0 unspecified atom stereocenters. The molecule has 0 saturated heterocycles. The first-order valence-corrected chi connectivity index (χ1v) is 12.8. The lowest BCUT2D eigenvalue weighted by atomic mass is 9.87. The first kappa shape index (κ1) is 20.5. The van der Waals surface area contributed by atoms with E-state index in [0.717, 1.165) is 11.2 Å². The third kappa shape index (κ3) is 3.07. The quantitative estimate of drug-likeness (QED) is 0.246. The standard InChI is InChI=1S/C33H24OS/c1-19-20(2)26(22-12-14-31-28(16-22)24-8-4-6-10-30(24)34-31)18-27(21(19)3)23-13-15-33-29(17-23)25-9-5-7-11-32(25)35-33/h4-18H,1-3H3. The minimum Gasteiger partial charge on any atom is -0.456 e. The summed E-state index contributed by atoms with van der Waals surface area (Å²) in [4.78, 5) is 0. The van der Waals surface area contributed by atoms with Crippen LogP contribution in [0, 0.1) is 20.8 Å². The van der Waals surface area contributed by atoms with E-state index in [0.29, 0.717) is 0 Å². The molecule has 2 heteroatoms. The van der Waals surface area contributed by atoms with Crippen LogP contribution in [0.2, 0.25) is 0 Å². The van der Waals surface area contributed by atoms with Gasteiger partial charge in [-0.05, 0) is 102 Å². The Kier molecular flexibility index (Phi) is 4.43. The van der Waals surface area contributed by atoms with Crippen molar-refractivity contribution in [2.75, 3.05) is 0 Å². The first-order chi connectivity index (χ1) is 17.1. The Morgan fingerprint density at radius 1 is 0.486 bits per heavy atom. The van der Waals surface area contributed by atoms with Gasteiger partial charge in [-0.15, -0.1) is 11.3 Å². The van der Waals surface area contributed by atoms with Crippen LogP contribution in [-0.4, -0.2) is 0 Å². The smallest absolute Gasteiger partial charge is 0.135 e. The molecule has 0 radical (unpaired) electrons. The van der Waals surface area contributed by atoms with Crippen LogP contribution in [-0.2, 0) is 0 Å². The summed E-state index contributed by atoms with van der Waals surface area (Å²) in [5, 5.41) is 5.02. The third-order valence-electron chi connectivity index (χ3n) is 7.60. The van der Waals surface area contributed by atoms with Gasteiger partial charge in [0, 0.05) is 30.9 Å². The molecule has 5 aromatic carbocycles. The van der Waals surface area contributed by atoms with E-state index in [1.807, 2.05) is 23.5 Å². The minimum absolute atomic E-state index is 0.937. The highest BCUT2D eigenvalue weighted by atomic mass is 32.1. The summed E-state index contributed by atoms with van der Waals surface area (Å²) in [7, 11) is 0. The highest BCUT2D eigenvalue weighted by Crippen LogP contribution is 2.40. The van der Waals surface area contributed by atoms with Gasteiger partial charge in [0.2, 0.25) is 0 Å². The molecule has 0 saturated carbocycles. The molecular weight excluding hydrogens is 444 g/mol. The Balaban J connectivity index is 1.45. The molecule has 168 valence electrons. The molecule has 0 amide bonds. The van der Waals surface area contributed by atoms with Crippen molar-refractivity contribution in [2.24, 2.45) is 0 Å². The molecule has 0 atom stereocenters. The second-order valence-electron chi connectivity index (χ2n) is 9.47. The van der Waals surface area contributed by atoms with Gasteiger partial charge < -0.3 is 4.42 Å². The Labute approximate surface area is 208 Å².